The van der Waals surface area contributed by atoms with E-state index in [1.54, 1.807) is 0 Å². The Morgan fingerprint density at radius 2 is 1.42 bits per heavy atom. The fourth-order valence-electron chi connectivity index (χ4n) is 1.52. The van der Waals surface area contributed by atoms with Gasteiger partial charge in [-0.3, -0.25) is 14.9 Å². The Balaban J connectivity index is 2.48. The fourth-order valence-corrected chi connectivity index (χ4v) is 1.52. The van der Waals surface area contributed by atoms with Crippen molar-refractivity contribution in [3.05, 3.63) is 22.8 Å². The van der Waals surface area contributed by atoms with Crippen molar-refractivity contribution in [1.82, 2.24) is 14.9 Å². The van der Waals surface area contributed by atoms with E-state index in [1.165, 1.54) is 0 Å². The van der Waals surface area contributed by atoms with E-state index in [2.05, 4.69) is 21.9 Å². The maximum Gasteiger partial charge on any atom is 0.0775 e. The SMILES string of the molecule is Cc1nc2c(nc1C)CN(C)C2. The first kappa shape index (κ1) is 7.68. The van der Waals surface area contributed by atoms with Crippen molar-refractivity contribution in [2.45, 2.75) is 26.9 Å². The van der Waals surface area contributed by atoms with Crippen LogP contribution in [0.4, 0.5) is 0 Å². The van der Waals surface area contributed by atoms with Gasteiger partial charge < -0.3 is 0 Å². The van der Waals surface area contributed by atoms with Crippen molar-refractivity contribution in [3.63, 3.8) is 0 Å². The minimum atomic E-state index is 0.948. The van der Waals surface area contributed by atoms with Crippen LogP contribution in [-0.2, 0) is 13.1 Å². The lowest BCUT2D eigenvalue weighted by Gasteiger charge is -2.01. The van der Waals surface area contributed by atoms with Gasteiger partial charge in [0.15, 0.2) is 0 Å². The van der Waals surface area contributed by atoms with Gasteiger partial charge in [0, 0.05) is 13.1 Å². The van der Waals surface area contributed by atoms with E-state index >= 15 is 0 Å². The Labute approximate surface area is 72.4 Å². The van der Waals surface area contributed by atoms with Crippen LogP contribution in [0.5, 0.6) is 0 Å². The summed E-state index contributed by atoms with van der Waals surface area (Å²) < 4.78 is 0. The van der Waals surface area contributed by atoms with Crippen molar-refractivity contribution in [2.75, 3.05) is 7.05 Å². The van der Waals surface area contributed by atoms with Crippen LogP contribution in [0, 0.1) is 13.8 Å². The molecule has 0 N–H and O–H groups in total. The first-order chi connectivity index (χ1) is 5.66. The van der Waals surface area contributed by atoms with Gasteiger partial charge in [0.25, 0.3) is 0 Å². The van der Waals surface area contributed by atoms with Gasteiger partial charge in [-0.1, -0.05) is 0 Å². The number of hydrogen-bond donors (Lipinski definition) is 0. The Bertz CT molecular complexity index is 289. The second-order valence-corrected chi connectivity index (χ2v) is 3.46. The zero-order chi connectivity index (χ0) is 8.72. The molecule has 0 aliphatic carbocycles. The first-order valence-electron chi connectivity index (χ1n) is 4.18. The van der Waals surface area contributed by atoms with E-state index in [9.17, 15) is 0 Å². The summed E-state index contributed by atoms with van der Waals surface area (Å²) in [6.45, 7) is 5.93. The average molecular weight is 163 g/mol. The zero-order valence-corrected chi connectivity index (χ0v) is 7.76. The highest BCUT2D eigenvalue weighted by atomic mass is 15.1. The highest BCUT2D eigenvalue weighted by Crippen LogP contribution is 2.18. The summed E-state index contributed by atoms with van der Waals surface area (Å²) in [6, 6.07) is 0. The standard InChI is InChI=1S/C9H13N3/c1-6-7(2)11-9-5-12(3)4-8(9)10-6/h4-5H2,1-3H3. The molecule has 1 aliphatic heterocycles. The van der Waals surface area contributed by atoms with Gasteiger partial charge >= 0.3 is 0 Å². The number of aryl methyl sites for hydroxylation is 2. The number of fused-ring (bicyclic) bond motifs is 1. The summed E-state index contributed by atoms with van der Waals surface area (Å²) >= 11 is 0. The largest absolute Gasteiger partial charge is 0.295 e. The van der Waals surface area contributed by atoms with Crippen LogP contribution in [0.3, 0.4) is 0 Å². The predicted molar refractivity (Wildman–Crippen MR) is 46.7 cm³/mol. The number of aromatic nitrogens is 2. The summed E-state index contributed by atoms with van der Waals surface area (Å²) in [5.41, 5.74) is 4.43. The third-order valence-electron chi connectivity index (χ3n) is 2.30. The lowest BCUT2D eigenvalue weighted by molar-refractivity contribution is 0.349. The topological polar surface area (TPSA) is 29.0 Å². The molecule has 0 saturated carbocycles. The van der Waals surface area contributed by atoms with E-state index < -0.39 is 0 Å². The summed E-state index contributed by atoms with van der Waals surface area (Å²) in [6.07, 6.45) is 0. The second-order valence-electron chi connectivity index (χ2n) is 3.46. The minimum Gasteiger partial charge on any atom is -0.295 e. The molecule has 0 unspecified atom stereocenters. The molecule has 0 bridgehead atoms. The van der Waals surface area contributed by atoms with Crippen LogP contribution in [0.15, 0.2) is 0 Å². The Morgan fingerprint density at radius 3 is 1.83 bits per heavy atom. The molecule has 3 nitrogen and oxygen atoms in total. The van der Waals surface area contributed by atoms with Crippen molar-refractivity contribution in [2.24, 2.45) is 0 Å². The molecule has 0 spiro atoms. The Hall–Kier alpha value is -0.960. The van der Waals surface area contributed by atoms with Gasteiger partial charge in [-0.2, -0.15) is 0 Å². The van der Waals surface area contributed by atoms with Crippen LogP contribution in [0.1, 0.15) is 22.8 Å². The summed E-state index contributed by atoms with van der Waals surface area (Å²) in [7, 11) is 2.09. The van der Waals surface area contributed by atoms with Gasteiger partial charge in [0.1, 0.15) is 0 Å². The Kier molecular flexibility index (Phi) is 1.61. The van der Waals surface area contributed by atoms with Crippen LogP contribution in [0.2, 0.25) is 0 Å². The fraction of sp³-hybridized carbons (Fsp3) is 0.556. The number of nitrogens with zero attached hydrogens (tertiary/aromatic N) is 3. The monoisotopic (exact) mass is 163 g/mol. The van der Waals surface area contributed by atoms with Gasteiger partial charge in [-0.05, 0) is 20.9 Å². The second kappa shape index (κ2) is 2.52. The van der Waals surface area contributed by atoms with Crippen molar-refractivity contribution >= 4 is 0 Å². The van der Waals surface area contributed by atoms with Gasteiger partial charge in [-0.15, -0.1) is 0 Å². The minimum absolute atomic E-state index is 0.948. The van der Waals surface area contributed by atoms with E-state index in [0.29, 0.717) is 0 Å². The Morgan fingerprint density at radius 1 is 1.00 bits per heavy atom. The zero-order valence-electron chi connectivity index (χ0n) is 7.76. The highest BCUT2D eigenvalue weighted by molar-refractivity contribution is 5.21. The third-order valence-corrected chi connectivity index (χ3v) is 2.30. The van der Waals surface area contributed by atoms with E-state index in [4.69, 9.17) is 0 Å². The van der Waals surface area contributed by atoms with Crippen molar-refractivity contribution < 1.29 is 0 Å². The predicted octanol–water partition coefficient (Wildman–Crippen LogP) is 1.04. The maximum absolute atomic E-state index is 4.50. The van der Waals surface area contributed by atoms with Gasteiger partial charge in [0.05, 0.1) is 22.8 Å². The normalized spacial score (nSPS) is 16.6. The number of rotatable bonds is 0. The van der Waals surface area contributed by atoms with Crippen molar-refractivity contribution in [3.8, 4) is 0 Å². The number of hydrogen-bond acceptors (Lipinski definition) is 3. The average Bonchev–Trinajstić information content (AvgIpc) is 2.30. The van der Waals surface area contributed by atoms with Crippen LogP contribution < -0.4 is 0 Å². The highest BCUT2D eigenvalue weighted by Gasteiger charge is 2.18. The summed E-state index contributed by atoms with van der Waals surface area (Å²) in [4.78, 5) is 11.2. The summed E-state index contributed by atoms with van der Waals surface area (Å²) in [5, 5.41) is 0. The quantitative estimate of drug-likeness (QED) is 0.572. The molecule has 0 atom stereocenters. The van der Waals surface area contributed by atoms with E-state index in [-0.39, 0.29) is 0 Å². The van der Waals surface area contributed by atoms with Gasteiger partial charge in [-0.25, -0.2) is 0 Å². The van der Waals surface area contributed by atoms with Crippen LogP contribution in [0.25, 0.3) is 0 Å². The van der Waals surface area contributed by atoms with E-state index in [1.807, 2.05) is 13.8 Å². The maximum atomic E-state index is 4.50. The molecule has 1 aromatic rings. The molecule has 2 rings (SSSR count). The van der Waals surface area contributed by atoms with Crippen molar-refractivity contribution in [1.29, 1.82) is 0 Å². The molecule has 1 aromatic heterocycles. The molecular weight excluding hydrogens is 150 g/mol. The lowest BCUT2D eigenvalue weighted by atomic mass is 10.3. The molecule has 12 heavy (non-hydrogen) atoms. The molecule has 0 saturated heterocycles. The molecule has 0 fully saturated rings. The lowest BCUT2D eigenvalue weighted by Crippen LogP contribution is -2.07. The van der Waals surface area contributed by atoms with Crippen LogP contribution in [-0.4, -0.2) is 21.9 Å². The molecule has 2 heterocycles. The molecule has 3 heteroatoms. The summed E-state index contributed by atoms with van der Waals surface area (Å²) in [5.74, 6) is 0. The van der Waals surface area contributed by atoms with Gasteiger partial charge in [0.2, 0.25) is 0 Å². The molecular formula is C9H13N3. The van der Waals surface area contributed by atoms with E-state index in [0.717, 1.165) is 35.9 Å². The first-order valence-corrected chi connectivity index (χ1v) is 4.18. The van der Waals surface area contributed by atoms with Crippen LogP contribution >= 0.6 is 0 Å². The molecule has 1 aliphatic rings. The molecule has 64 valence electrons. The smallest absolute Gasteiger partial charge is 0.0775 e. The molecule has 0 aromatic carbocycles. The molecule has 0 radical (unpaired) electrons. The molecule has 0 amide bonds. The third kappa shape index (κ3) is 1.10.